The highest BCUT2D eigenvalue weighted by molar-refractivity contribution is 7.22. The quantitative estimate of drug-likeness (QED) is 0.701. The number of rotatable bonds is 4. The number of nitrogen functional groups attached to an aromatic ring is 1. The summed E-state index contributed by atoms with van der Waals surface area (Å²) in [5.74, 6) is 0.772. The van der Waals surface area contributed by atoms with Crippen molar-refractivity contribution < 1.29 is 9.21 Å². The number of hydrogen-bond donors (Lipinski definition) is 1. The Morgan fingerprint density at radius 3 is 2.80 bits per heavy atom. The molecule has 1 aliphatic rings. The number of hydrogen-bond acceptors (Lipinski definition) is 5. The van der Waals surface area contributed by atoms with E-state index in [1.165, 1.54) is 11.8 Å². The summed E-state index contributed by atoms with van der Waals surface area (Å²) in [6.07, 6.45) is 3.78. The van der Waals surface area contributed by atoms with Gasteiger partial charge in [-0.1, -0.05) is 6.92 Å². The van der Waals surface area contributed by atoms with E-state index in [1.54, 1.807) is 23.5 Å². The van der Waals surface area contributed by atoms with Crippen LogP contribution in [0.4, 0.5) is 5.00 Å². The zero-order valence-electron chi connectivity index (χ0n) is 14.3. The van der Waals surface area contributed by atoms with Crippen LogP contribution in [-0.2, 0) is 0 Å². The minimum Gasteiger partial charge on any atom is -0.461 e. The van der Waals surface area contributed by atoms with E-state index in [4.69, 9.17) is 10.2 Å². The van der Waals surface area contributed by atoms with Gasteiger partial charge in [-0.3, -0.25) is 4.79 Å². The molecule has 4 rings (SSSR count). The fraction of sp³-hybridized carbons (Fsp3) is 0.350. The summed E-state index contributed by atoms with van der Waals surface area (Å²) in [5, 5.41) is 2.03. The van der Waals surface area contributed by atoms with Crippen molar-refractivity contribution in [3.05, 3.63) is 53.5 Å². The summed E-state index contributed by atoms with van der Waals surface area (Å²) in [4.78, 5) is 15.1. The van der Waals surface area contributed by atoms with Gasteiger partial charge in [0, 0.05) is 10.3 Å². The Labute approximate surface area is 151 Å². The molecule has 1 aromatic carbocycles. The van der Waals surface area contributed by atoms with Gasteiger partial charge in [0.25, 0.3) is 0 Å². The van der Waals surface area contributed by atoms with Crippen molar-refractivity contribution in [2.45, 2.75) is 25.7 Å². The maximum Gasteiger partial charge on any atom is 0.228 e. The van der Waals surface area contributed by atoms with Crippen LogP contribution >= 0.6 is 11.3 Å². The number of ketones is 1. The summed E-state index contributed by atoms with van der Waals surface area (Å²) >= 11 is 1.63. The van der Waals surface area contributed by atoms with Gasteiger partial charge < -0.3 is 15.1 Å². The molecule has 1 aliphatic heterocycles. The van der Waals surface area contributed by atoms with E-state index in [0.29, 0.717) is 17.2 Å². The molecule has 0 atom stereocenters. The first-order valence-corrected chi connectivity index (χ1v) is 9.61. The number of piperidine rings is 1. The molecule has 1 fully saturated rings. The van der Waals surface area contributed by atoms with Crippen LogP contribution in [0.1, 0.15) is 47.4 Å². The Morgan fingerprint density at radius 1 is 1.32 bits per heavy atom. The average molecular weight is 354 g/mol. The summed E-state index contributed by atoms with van der Waals surface area (Å²) in [7, 11) is 0. The predicted octanol–water partition coefficient (Wildman–Crippen LogP) is 4.51. The van der Waals surface area contributed by atoms with Crippen molar-refractivity contribution in [2.75, 3.05) is 25.4 Å². The maximum absolute atomic E-state index is 12.6. The molecule has 3 heterocycles. The van der Waals surface area contributed by atoms with Gasteiger partial charge in [-0.25, -0.2) is 0 Å². The zero-order chi connectivity index (χ0) is 17.4. The second-order valence-corrected chi connectivity index (χ2v) is 7.69. The number of carbonyl (C=O) groups excluding carboxylic acids is 1. The molecule has 0 aliphatic carbocycles. The van der Waals surface area contributed by atoms with E-state index in [9.17, 15) is 4.79 Å². The Bertz CT molecular complexity index is 890. The molecule has 2 N–H and O–H groups in total. The number of likely N-dealkylation sites (tertiary alicyclic amines) is 1. The van der Waals surface area contributed by atoms with Crippen LogP contribution in [-0.4, -0.2) is 30.3 Å². The monoisotopic (exact) mass is 354 g/mol. The lowest BCUT2D eigenvalue weighted by Crippen LogP contribution is -2.32. The van der Waals surface area contributed by atoms with Crippen molar-refractivity contribution >= 4 is 32.2 Å². The molecule has 0 unspecified atom stereocenters. The van der Waals surface area contributed by atoms with Crippen LogP contribution < -0.4 is 5.73 Å². The van der Waals surface area contributed by atoms with Gasteiger partial charge in [-0.05, 0) is 79.7 Å². The number of benzene rings is 1. The van der Waals surface area contributed by atoms with E-state index in [2.05, 4.69) is 11.8 Å². The number of nitrogens with two attached hydrogens (primary N) is 1. The first-order valence-electron chi connectivity index (χ1n) is 8.80. The molecule has 0 saturated carbocycles. The fourth-order valence-corrected chi connectivity index (χ4v) is 4.82. The topological polar surface area (TPSA) is 59.5 Å². The van der Waals surface area contributed by atoms with Gasteiger partial charge in [0.15, 0.2) is 5.76 Å². The van der Waals surface area contributed by atoms with Gasteiger partial charge in [0.1, 0.15) is 0 Å². The Morgan fingerprint density at radius 2 is 2.12 bits per heavy atom. The number of furan rings is 1. The summed E-state index contributed by atoms with van der Waals surface area (Å²) in [6.45, 7) is 5.54. The Hall–Kier alpha value is -2.11. The zero-order valence-corrected chi connectivity index (χ0v) is 15.1. The van der Waals surface area contributed by atoms with Crippen molar-refractivity contribution in [3.8, 4) is 0 Å². The first-order chi connectivity index (χ1) is 12.2. The van der Waals surface area contributed by atoms with E-state index in [-0.39, 0.29) is 5.78 Å². The summed E-state index contributed by atoms with van der Waals surface area (Å²) in [5.41, 5.74) is 8.27. The van der Waals surface area contributed by atoms with Crippen LogP contribution in [0.25, 0.3) is 10.1 Å². The molecule has 130 valence electrons. The van der Waals surface area contributed by atoms with Crippen LogP contribution in [0.3, 0.4) is 0 Å². The lowest BCUT2D eigenvalue weighted by molar-refractivity contribution is 0.101. The molecular formula is C20H22N2O2S. The van der Waals surface area contributed by atoms with E-state index in [0.717, 1.165) is 47.6 Å². The van der Waals surface area contributed by atoms with Crippen molar-refractivity contribution in [1.29, 1.82) is 0 Å². The van der Waals surface area contributed by atoms with Crippen molar-refractivity contribution in [1.82, 2.24) is 4.90 Å². The smallest absolute Gasteiger partial charge is 0.228 e. The second kappa shape index (κ2) is 6.65. The maximum atomic E-state index is 12.6. The van der Waals surface area contributed by atoms with Gasteiger partial charge in [0.05, 0.1) is 11.3 Å². The molecule has 1 saturated heterocycles. The standard InChI is InChI=1S/C20H22N2O2S/c1-2-22-9-7-13(8-10-22)18-15-12-14(5-6-17(15)25-20(18)21)19(23)16-4-3-11-24-16/h3-6,11-13H,2,7-10,21H2,1H3. The van der Waals surface area contributed by atoms with Crippen LogP contribution in [0.5, 0.6) is 0 Å². The summed E-state index contributed by atoms with van der Waals surface area (Å²) < 4.78 is 6.41. The third-order valence-corrected chi connectivity index (χ3v) is 6.22. The Kier molecular flexibility index (Phi) is 4.36. The molecule has 0 amide bonds. The highest BCUT2D eigenvalue weighted by atomic mass is 32.1. The van der Waals surface area contributed by atoms with Gasteiger partial charge in [0.2, 0.25) is 5.78 Å². The number of carbonyl (C=O) groups is 1. The Balaban J connectivity index is 1.71. The number of fused-ring (bicyclic) bond motifs is 1. The normalized spacial score (nSPS) is 16.5. The molecule has 0 spiro atoms. The van der Waals surface area contributed by atoms with Crippen LogP contribution in [0, 0.1) is 0 Å². The van der Waals surface area contributed by atoms with Crippen molar-refractivity contribution in [3.63, 3.8) is 0 Å². The number of nitrogens with zero attached hydrogens (tertiary/aromatic N) is 1. The van der Waals surface area contributed by atoms with Crippen LogP contribution in [0.15, 0.2) is 41.0 Å². The predicted molar refractivity (Wildman–Crippen MR) is 102 cm³/mol. The van der Waals surface area contributed by atoms with Crippen LogP contribution in [0.2, 0.25) is 0 Å². The molecule has 3 aromatic rings. The second-order valence-electron chi connectivity index (χ2n) is 6.61. The summed E-state index contributed by atoms with van der Waals surface area (Å²) in [6, 6.07) is 9.32. The first kappa shape index (κ1) is 16.4. The number of thiophene rings is 1. The largest absolute Gasteiger partial charge is 0.461 e. The molecular weight excluding hydrogens is 332 g/mol. The molecule has 4 nitrogen and oxygen atoms in total. The van der Waals surface area contributed by atoms with E-state index in [1.807, 2.05) is 18.2 Å². The average Bonchev–Trinajstić information content (AvgIpc) is 3.28. The number of anilines is 1. The molecule has 0 radical (unpaired) electrons. The minimum absolute atomic E-state index is 0.0802. The molecule has 25 heavy (non-hydrogen) atoms. The lowest BCUT2D eigenvalue weighted by Gasteiger charge is -2.31. The fourth-order valence-electron chi connectivity index (χ4n) is 3.79. The van der Waals surface area contributed by atoms with Crippen molar-refractivity contribution in [2.24, 2.45) is 0 Å². The van der Waals surface area contributed by atoms with E-state index < -0.39 is 0 Å². The highest BCUT2D eigenvalue weighted by Gasteiger charge is 2.25. The highest BCUT2D eigenvalue weighted by Crippen LogP contribution is 2.42. The lowest BCUT2D eigenvalue weighted by atomic mass is 9.88. The molecule has 5 heteroatoms. The van der Waals surface area contributed by atoms with Gasteiger partial charge >= 0.3 is 0 Å². The third-order valence-electron chi connectivity index (χ3n) is 5.21. The van der Waals surface area contributed by atoms with E-state index >= 15 is 0 Å². The third kappa shape index (κ3) is 2.98. The minimum atomic E-state index is -0.0802. The van der Waals surface area contributed by atoms with Gasteiger partial charge in [-0.2, -0.15) is 0 Å². The molecule has 2 aromatic heterocycles. The van der Waals surface area contributed by atoms with Gasteiger partial charge in [-0.15, -0.1) is 11.3 Å². The SMILES string of the molecule is CCN1CCC(c2c(N)sc3ccc(C(=O)c4ccco4)cc23)CC1. The molecule has 0 bridgehead atoms.